The van der Waals surface area contributed by atoms with E-state index in [1.807, 2.05) is 6.92 Å². The number of aliphatic carboxylic acids is 1. The van der Waals surface area contributed by atoms with E-state index in [-0.39, 0.29) is 0 Å². The maximum Gasteiger partial charge on any atom is 0.323 e. The van der Waals surface area contributed by atoms with Crippen LogP contribution in [0.1, 0.15) is 58.3 Å². The number of nitrogens with one attached hydrogen (secondary N) is 1. The molecule has 2 N–H and O–H groups in total. The van der Waals surface area contributed by atoms with Gasteiger partial charge in [-0.05, 0) is 59.0 Å². The lowest BCUT2D eigenvalue weighted by atomic mass is 9.95. The predicted octanol–water partition coefficient (Wildman–Crippen LogP) is 2.24. The molecule has 0 aromatic carbocycles. The van der Waals surface area contributed by atoms with Crippen molar-refractivity contribution in [3.05, 3.63) is 0 Å². The van der Waals surface area contributed by atoms with Gasteiger partial charge in [0.15, 0.2) is 0 Å². The summed E-state index contributed by atoms with van der Waals surface area (Å²) in [5.41, 5.74) is -0.738. The van der Waals surface area contributed by atoms with Crippen molar-refractivity contribution in [1.29, 1.82) is 0 Å². The van der Waals surface area contributed by atoms with E-state index in [1.165, 1.54) is 25.7 Å². The SMILES string of the molecule is CN(CCCC(C)(NC1CC1)C(=O)O)C1CCCC1. The second-order valence-electron chi connectivity index (χ2n) is 6.58. The lowest BCUT2D eigenvalue weighted by molar-refractivity contribution is -0.144. The minimum absolute atomic E-state index is 0.439. The molecule has 0 bridgehead atoms. The molecule has 0 amide bonds. The van der Waals surface area contributed by atoms with Gasteiger partial charge in [-0.2, -0.15) is 0 Å². The number of carboxylic acid groups (broad SMARTS) is 1. The molecule has 2 rings (SSSR count). The van der Waals surface area contributed by atoms with Crippen LogP contribution in [0.4, 0.5) is 0 Å². The Balaban J connectivity index is 1.73. The maximum atomic E-state index is 11.4. The van der Waals surface area contributed by atoms with Crippen LogP contribution in [0, 0.1) is 0 Å². The first-order chi connectivity index (χ1) is 9.01. The number of hydrogen-bond donors (Lipinski definition) is 2. The van der Waals surface area contributed by atoms with Gasteiger partial charge in [0.25, 0.3) is 0 Å². The maximum absolute atomic E-state index is 11.4. The van der Waals surface area contributed by atoms with Gasteiger partial charge in [0.05, 0.1) is 0 Å². The van der Waals surface area contributed by atoms with Crippen molar-refractivity contribution in [3.8, 4) is 0 Å². The third-order valence-electron chi connectivity index (χ3n) is 4.71. The van der Waals surface area contributed by atoms with Crippen molar-refractivity contribution < 1.29 is 9.90 Å². The van der Waals surface area contributed by atoms with Gasteiger partial charge < -0.3 is 10.0 Å². The molecule has 2 fully saturated rings. The van der Waals surface area contributed by atoms with Gasteiger partial charge in [0.1, 0.15) is 5.54 Å². The second kappa shape index (κ2) is 6.23. The summed E-state index contributed by atoms with van der Waals surface area (Å²) in [6.45, 7) is 2.85. The molecule has 0 heterocycles. The van der Waals surface area contributed by atoms with Crippen molar-refractivity contribution in [2.24, 2.45) is 0 Å². The van der Waals surface area contributed by atoms with E-state index in [2.05, 4.69) is 17.3 Å². The Labute approximate surface area is 116 Å². The lowest BCUT2D eigenvalue weighted by Crippen LogP contribution is -2.51. The average Bonchev–Trinajstić information content (AvgIpc) is 2.98. The Bertz CT molecular complexity index is 311. The molecular formula is C15H28N2O2. The van der Waals surface area contributed by atoms with Gasteiger partial charge in [0, 0.05) is 12.1 Å². The van der Waals surface area contributed by atoms with Crippen LogP contribution in [-0.4, -0.2) is 47.2 Å². The van der Waals surface area contributed by atoms with Crippen LogP contribution >= 0.6 is 0 Å². The number of rotatable bonds is 8. The normalized spacial score (nSPS) is 23.7. The minimum atomic E-state index is -0.738. The summed E-state index contributed by atoms with van der Waals surface area (Å²) in [5, 5.41) is 12.7. The molecule has 1 atom stereocenters. The summed E-state index contributed by atoms with van der Waals surface area (Å²) in [5.74, 6) is -0.706. The first-order valence-electron chi connectivity index (χ1n) is 7.72. The van der Waals surface area contributed by atoms with Crippen LogP contribution in [0.15, 0.2) is 0 Å². The highest BCUT2D eigenvalue weighted by Gasteiger charge is 2.38. The first kappa shape index (κ1) is 14.8. The summed E-state index contributed by atoms with van der Waals surface area (Å²) >= 11 is 0. The van der Waals surface area contributed by atoms with E-state index in [0.717, 1.165) is 38.3 Å². The largest absolute Gasteiger partial charge is 0.480 e. The molecule has 4 heteroatoms. The fourth-order valence-electron chi connectivity index (χ4n) is 3.13. The van der Waals surface area contributed by atoms with E-state index >= 15 is 0 Å². The number of hydrogen-bond acceptors (Lipinski definition) is 3. The molecule has 0 aliphatic heterocycles. The molecule has 2 saturated carbocycles. The van der Waals surface area contributed by atoms with Gasteiger partial charge >= 0.3 is 5.97 Å². The Morgan fingerprint density at radius 2 is 1.95 bits per heavy atom. The quantitative estimate of drug-likeness (QED) is 0.709. The van der Waals surface area contributed by atoms with Crippen molar-refractivity contribution in [2.75, 3.05) is 13.6 Å². The first-order valence-corrected chi connectivity index (χ1v) is 7.72. The summed E-state index contributed by atoms with van der Waals surface area (Å²) in [4.78, 5) is 13.9. The minimum Gasteiger partial charge on any atom is -0.480 e. The summed E-state index contributed by atoms with van der Waals surface area (Å²) in [6.07, 6.45) is 9.26. The van der Waals surface area contributed by atoms with Crippen LogP contribution in [0.5, 0.6) is 0 Å². The Kier molecular flexibility index (Phi) is 4.85. The van der Waals surface area contributed by atoms with E-state index < -0.39 is 11.5 Å². The summed E-state index contributed by atoms with van der Waals surface area (Å²) < 4.78 is 0. The van der Waals surface area contributed by atoms with Crippen molar-refractivity contribution in [3.63, 3.8) is 0 Å². The number of nitrogens with zero attached hydrogens (tertiary/aromatic N) is 1. The molecular weight excluding hydrogens is 240 g/mol. The Morgan fingerprint density at radius 3 is 2.47 bits per heavy atom. The summed E-state index contributed by atoms with van der Waals surface area (Å²) in [6, 6.07) is 1.17. The van der Waals surface area contributed by atoms with Gasteiger partial charge in [-0.1, -0.05) is 12.8 Å². The molecule has 19 heavy (non-hydrogen) atoms. The van der Waals surface area contributed by atoms with Crippen LogP contribution in [0.2, 0.25) is 0 Å². The molecule has 110 valence electrons. The van der Waals surface area contributed by atoms with E-state index in [4.69, 9.17) is 0 Å². The topological polar surface area (TPSA) is 52.6 Å². The highest BCUT2D eigenvalue weighted by atomic mass is 16.4. The van der Waals surface area contributed by atoms with Gasteiger partial charge in [-0.15, -0.1) is 0 Å². The molecule has 2 aliphatic carbocycles. The molecule has 0 spiro atoms. The second-order valence-corrected chi connectivity index (χ2v) is 6.58. The molecule has 0 saturated heterocycles. The summed E-state index contributed by atoms with van der Waals surface area (Å²) in [7, 11) is 2.18. The number of carboxylic acids is 1. The van der Waals surface area contributed by atoms with Gasteiger partial charge in [-0.3, -0.25) is 10.1 Å². The highest BCUT2D eigenvalue weighted by Crippen LogP contribution is 2.26. The monoisotopic (exact) mass is 268 g/mol. The van der Waals surface area contributed by atoms with Crippen LogP contribution in [-0.2, 0) is 4.79 Å². The molecule has 2 aliphatic rings. The fourth-order valence-corrected chi connectivity index (χ4v) is 3.13. The van der Waals surface area contributed by atoms with Crippen molar-refractivity contribution >= 4 is 5.97 Å². The third-order valence-corrected chi connectivity index (χ3v) is 4.71. The zero-order valence-electron chi connectivity index (χ0n) is 12.3. The molecule has 1 unspecified atom stereocenters. The molecule has 4 nitrogen and oxygen atoms in total. The Hall–Kier alpha value is -0.610. The standard InChI is InChI=1S/C15H28N2O2/c1-15(14(18)19,16-12-8-9-12)10-5-11-17(2)13-6-3-4-7-13/h12-13,16H,3-11H2,1-2H3,(H,18,19). The lowest BCUT2D eigenvalue weighted by Gasteiger charge is -2.29. The number of carbonyl (C=O) groups is 1. The highest BCUT2D eigenvalue weighted by molar-refractivity contribution is 5.78. The Morgan fingerprint density at radius 1 is 1.32 bits per heavy atom. The van der Waals surface area contributed by atoms with E-state index in [0.29, 0.717) is 6.04 Å². The van der Waals surface area contributed by atoms with Crippen LogP contribution in [0.25, 0.3) is 0 Å². The van der Waals surface area contributed by atoms with Crippen molar-refractivity contribution in [1.82, 2.24) is 10.2 Å². The molecule has 0 aromatic rings. The van der Waals surface area contributed by atoms with Crippen LogP contribution < -0.4 is 5.32 Å². The van der Waals surface area contributed by atoms with Gasteiger partial charge in [-0.25, -0.2) is 0 Å². The smallest absolute Gasteiger partial charge is 0.323 e. The van der Waals surface area contributed by atoms with Crippen molar-refractivity contribution in [2.45, 2.75) is 75.9 Å². The van der Waals surface area contributed by atoms with E-state index in [9.17, 15) is 9.90 Å². The third kappa shape index (κ3) is 4.18. The van der Waals surface area contributed by atoms with E-state index in [1.54, 1.807) is 0 Å². The zero-order valence-corrected chi connectivity index (χ0v) is 12.3. The van der Waals surface area contributed by atoms with Crippen LogP contribution in [0.3, 0.4) is 0 Å². The fraction of sp³-hybridized carbons (Fsp3) is 0.933. The predicted molar refractivity (Wildman–Crippen MR) is 76.3 cm³/mol. The molecule has 0 aromatic heterocycles. The average molecular weight is 268 g/mol. The molecule has 0 radical (unpaired) electrons. The zero-order chi connectivity index (χ0) is 13.9. The van der Waals surface area contributed by atoms with Gasteiger partial charge in [0.2, 0.25) is 0 Å².